The first-order valence-electron chi connectivity index (χ1n) is 6.03. The minimum atomic E-state index is 0.123. The van der Waals surface area contributed by atoms with Crippen LogP contribution in [0, 0.1) is 0 Å². The quantitative estimate of drug-likeness (QED) is 0.687. The van der Waals surface area contributed by atoms with Crippen LogP contribution in [0.2, 0.25) is 0 Å². The lowest BCUT2D eigenvalue weighted by Gasteiger charge is -2.13. The molecule has 0 spiro atoms. The minimum Gasteiger partial charge on any atom is -0.285 e. The Balaban J connectivity index is 2.36. The zero-order valence-electron chi connectivity index (χ0n) is 10.1. The molecule has 2 aromatic rings. The van der Waals surface area contributed by atoms with Crippen LogP contribution in [0.4, 0.5) is 0 Å². The highest BCUT2D eigenvalue weighted by molar-refractivity contribution is 5.58. The predicted molar refractivity (Wildman–Crippen MR) is 73.5 cm³/mol. The van der Waals surface area contributed by atoms with Crippen molar-refractivity contribution in [3.63, 3.8) is 0 Å². The first-order valence-corrected chi connectivity index (χ1v) is 6.03. The van der Waals surface area contributed by atoms with E-state index in [9.17, 15) is 0 Å². The van der Waals surface area contributed by atoms with E-state index in [-0.39, 0.29) is 6.04 Å². The van der Waals surface area contributed by atoms with Gasteiger partial charge in [-0.15, -0.1) is 0 Å². The Hall–Kier alpha value is -1.89. The van der Waals surface area contributed by atoms with E-state index in [0.717, 1.165) is 6.42 Å². The summed E-state index contributed by atoms with van der Waals surface area (Å²) in [5, 5.41) is 0. The van der Waals surface area contributed by atoms with Gasteiger partial charge in [0.2, 0.25) is 0 Å². The van der Waals surface area contributed by atoms with Crippen LogP contribution < -0.4 is 0 Å². The van der Waals surface area contributed by atoms with Gasteiger partial charge in [0.05, 0.1) is 6.04 Å². The van der Waals surface area contributed by atoms with Crippen molar-refractivity contribution in [2.24, 2.45) is 4.99 Å². The second kappa shape index (κ2) is 6.00. The van der Waals surface area contributed by atoms with Gasteiger partial charge in [-0.2, -0.15) is 0 Å². The summed E-state index contributed by atoms with van der Waals surface area (Å²) in [5.41, 5.74) is 2.48. The van der Waals surface area contributed by atoms with Crippen molar-refractivity contribution in [3.8, 4) is 0 Å². The Kier molecular flexibility index (Phi) is 4.09. The molecule has 0 aromatic heterocycles. The highest BCUT2D eigenvalue weighted by Crippen LogP contribution is 2.25. The number of nitrogens with zero attached hydrogens (tertiary/aromatic N) is 1. The molecule has 17 heavy (non-hydrogen) atoms. The third-order valence-corrected chi connectivity index (χ3v) is 2.67. The SMILES string of the molecule is CC/C=N/C(c1ccccc1)c1ccccc1. The van der Waals surface area contributed by atoms with E-state index in [2.05, 4.69) is 60.4 Å². The number of benzene rings is 2. The molecule has 0 unspecified atom stereocenters. The van der Waals surface area contributed by atoms with Gasteiger partial charge in [-0.05, 0) is 23.8 Å². The Morgan fingerprint density at radius 2 is 1.35 bits per heavy atom. The summed E-state index contributed by atoms with van der Waals surface area (Å²) >= 11 is 0. The van der Waals surface area contributed by atoms with Crippen molar-refractivity contribution in [3.05, 3.63) is 71.8 Å². The lowest BCUT2D eigenvalue weighted by molar-refractivity contribution is 0.873. The Labute approximate surface area is 103 Å². The Morgan fingerprint density at radius 1 is 0.882 bits per heavy atom. The van der Waals surface area contributed by atoms with Crippen LogP contribution in [-0.2, 0) is 0 Å². The molecular formula is C16H17N. The molecule has 0 heterocycles. The largest absolute Gasteiger partial charge is 0.285 e. The number of hydrogen-bond acceptors (Lipinski definition) is 1. The molecule has 1 nitrogen and oxygen atoms in total. The lowest BCUT2D eigenvalue weighted by Crippen LogP contribution is -1.98. The first-order chi connectivity index (χ1) is 8.42. The molecule has 86 valence electrons. The molecule has 0 aliphatic rings. The summed E-state index contributed by atoms with van der Waals surface area (Å²) in [6.45, 7) is 2.11. The van der Waals surface area contributed by atoms with Crippen molar-refractivity contribution >= 4 is 6.21 Å². The number of rotatable bonds is 4. The highest BCUT2D eigenvalue weighted by atomic mass is 14.8. The van der Waals surface area contributed by atoms with Crippen LogP contribution in [0.15, 0.2) is 65.7 Å². The third kappa shape index (κ3) is 3.04. The second-order valence-electron chi connectivity index (χ2n) is 3.96. The molecule has 2 aromatic carbocycles. The summed E-state index contributed by atoms with van der Waals surface area (Å²) in [6, 6.07) is 21.0. The van der Waals surface area contributed by atoms with E-state index in [4.69, 9.17) is 0 Å². The molecule has 0 saturated heterocycles. The molecule has 0 amide bonds. The average molecular weight is 223 g/mol. The fraction of sp³-hybridized carbons (Fsp3) is 0.188. The van der Waals surface area contributed by atoms with Crippen LogP contribution in [0.25, 0.3) is 0 Å². The van der Waals surface area contributed by atoms with Crippen molar-refractivity contribution in [1.29, 1.82) is 0 Å². The minimum absolute atomic E-state index is 0.123. The topological polar surface area (TPSA) is 12.4 Å². The van der Waals surface area contributed by atoms with E-state index in [1.165, 1.54) is 11.1 Å². The van der Waals surface area contributed by atoms with Gasteiger partial charge in [0.25, 0.3) is 0 Å². The van der Waals surface area contributed by atoms with Crippen LogP contribution in [0.3, 0.4) is 0 Å². The van der Waals surface area contributed by atoms with Crippen LogP contribution in [0.1, 0.15) is 30.5 Å². The molecular weight excluding hydrogens is 206 g/mol. The number of hydrogen-bond donors (Lipinski definition) is 0. The molecule has 0 aliphatic heterocycles. The van der Waals surface area contributed by atoms with Crippen molar-refractivity contribution < 1.29 is 0 Å². The fourth-order valence-corrected chi connectivity index (χ4v) is 1.85. The molecule has 0 radical (unpaired) electrons. The maximum atomic E-state index is 4.66. The molecule has 0 atom stereocenters. The molecule has 0 saturated carbocycles. The smallest absolute Gasteiger partial charge is 0.0995 e. The van der Waals surface area contributed by atoms with Gasteiger partial charge in [0.1, 0.15) is 0 Å². The van der Waals surface area contributed by atoms with Gasteiger partial charge in [-0.25, -0.2) is 0 Å². The standard InChI is InChI=1S/C16H17N/c1-2-13-17-16(14-9-5-3-6-10-14)15-11-7-4-8-12-15/h3-13,16H,2H2,1H3/b17-13+. The zero-order valence-corrected chi connectivity index (χ0v) is 10.1. The van der Waals surface area contributed by atoms with Gasteiger partial charge in [0.15, 0.2) is 0 Å². The van der Waals surface area contributed by atoms with E-state index in [0.29, 0.717) is 0 Å². The van der Waals surface area contributed by atoms with Gasteiger partial charge < -0.3 is 0 Å². The monoisotopic (exact) mass is 223 g/mol. The number of aliphatic imine (C=N–C) groups is 1. The van der Waals surface area contributed by atoms with E-state index < -0.39 is 0 Å². The summed E-state index contributed by atoms with van der Waals surface area (Å²) < 4.78 is 0. The van der Waals surface area contributed by atoms with Crippen molar-refractivity contribution in [1.82, 2.24) is 0 Å². The van der Waals surface area contributed by atoms with E-state index in [1.54, 1.807) is 0 Å². The second-order valence-corrected chi connectivity index (χ2v) is 3.96. The molecule has 0 N–H and O–H groups in total. The van der Waals surface area contributed by atoms with E-state index >= 15 is 0 Å². The lowest BCUT2D eigenvalue weighted by atomic mass is 9.99. The molecule has 2 rings (SSSR count). The normalized spacial score (nSPS) is 11.2. The van der Waals surface area contributed by atoms with Crippen molar-refractivity contribution in [2.45, 2.75) is 19.4 Å². The average Bonchev–Trinajstić information content (AvgIpc) is 2.42. The van der Waals surface area contributed by atoms with Crippen LogP contribution >= 0.6 is 0 Å². The maximum Gasteiger partial charge on any atom is 0.0995 e. The fourth-order valence-electron chi connectivity index (χ4n) is 1.85. The molecule has 0 bridgehead atoms. The summed E-state index contributed by atoms with van der Waals surface area (Å²) in [7, 11) is 0. The van der Waals surface area contributed by atoms with Gasteiger partial charge >= 0.3 is 0 Å². The summed E-state index contributed by atoms with van der Waals surface area (Å²) in [6.07, 6.45) is 2.96. The predicted octanol–water partition coefficient (Wildman–Crippen LogP) is 4.26. The van der Waals surface area contributed by atoms with Gasteiger partial charge in [-0.3, -0.25) is 4.99 Å². The molecule has 1 heteroatoms. The highest BCUT2D eigenvalue weighted by Gasteiger charge is 2.10. The summed E-state index contributed by atoms with van der Waals surface area (Å²) in [4.78, 5) is 4.66. The Bertz CT molecular complexity index is 420. The van der Waals surface area contributed by atoms with Crippen LogP contribution in [-0.4, -0.2) is 6.21 Å². The van der Waals surface area contributed by atoms with Gasteiger partial charge in [0, 0.05) is 0 Å². The Morgan fingerprint density at radius 3 is 1.76 bits per heavy atom. The maximum absolute atomic E-state index is 4.66. The molecule has 0 aliphatic carbocycles. The first kappa shape index (κ1) is 11.6. The third-order valence-electron chi connectivity index (χ3n) is 2.67. The molecule has 0 fully saturated rings. The van der Waals surface area contributed by atoms with Gasteiger partial charge in [-0.1, -0.05) is 67.6 Å². The summed E-state index contributed by atoms with van der Waals surface area (Å²) in [5.74, 6) is 0. The van der Waals surface area contributed by atoms with Crippen LogP contribution in [0.5, 0.6) is 0 Å². The van der Waals surface area contributed by atoms with Crippen molar-refractivity contribution in [2.75, 3.05) is 0 Å². The zero-order chi connectivity index (χ0) is 11.9. The van der Waals surface area contributed by atoms with E-state index in [1.807, 2.05) is 18.3 Å².